The number of hydrogen-bond acceptors (Lipinski definition) is 4. The summed E-state index contributed by atoms with van der Waals surface area (Å²) < 4.78 is 5.61. The molecule has 1 N–H and O–H groups in total. The number of ether oxygens (including phenoxy) is 1. The number of rotatable bonds is 7. The number of carbonyl (C=O) groups excluding carboxylic acids is 2. The van der Waals surface area contributed by atoms with Crippen molar-refractivity contribution >= 4 is 40.9 Å². The molecule has 0 aliphatic carbocycles. The van der Waals surface area contributed by atoms with Crippen molar-refractivity contribution in [3.05, 3.63) is 53.6 Å². The summed E-state index contributed by atoms with van der Waals surface area (Å²) in [5, 5.41) is 3.26. The van der Waals surface area contributed by atoms with Crippen LogP contribution in [0.5, 0.6) is 5.75 Å². The van der Waals surface area contributed by atoms with Crippen LogP contribution in [0.15, 0.2) is 53.4 Å². The smallest absolute Gasteiger partial charge is 0.263 e. The molecule has 2 aromatic carbocycles. The van der Waals surface area contributed by atoms with E-state index in [1.165, 1.54) is 4.90 Å². The molecule has 0 bridgehead atoms. The number of benzene rings is 2. The minimum atomic E-state index is -0.758. The van der Waals surface area contributed by atoms with E-state index < -0.39 is 6.10 Å². The molecule has 2 amide bonds. The summed E-state index contributed by atoms with van der Waals surface area (Å²) in [4.78, 5) is 27.0. The van der Waals surface area contributed by atoms with Gasteiger partial charge in [-0.1, -0.05) is 35.9 Å². The Kier molecular flexibility index (Phi) is 7.36. The maximum atomic E-state index is 12.4. The van der Waals surface area contributed by atoms with Gasteiger partial charge in [0.05, 0.1) is 17.3 Å². The fraction of sp³-hybridized carbons (Fsp3) is 0.263. The van der Waals surface area contributed by atoms with Crippen LogP contribution in [0, 0.1) is 0 Å². The van der Waals surface area contributed by atoms with Gasteiger partial charge in [-0.25, -0.2) is 0 Å². The summed E-state index contributed by atoms with van der Waals surface area (Å²) in [5.74, 6) is -0.146. The average Bonchev–Trinajstić information content (AvgIpc) is 2.63. The van der Waals surface area contributed by atoms with Gasteiger partial charge in [-0.3, -0.25) is 9.59 Å². The summed E-state index contributed by atoms with van der Waals surface area (Å²) in [6.45, 7) is 1.56. The van der Waals surface area contributed by atoms with Gasteiger partial charge >= 0.3 is 0 Å². The largest absolute Gasteiger partial charge is 0.479 e. The zero-order chi connectivity index (χ0) is 19.1. The molecule has 0 saturated carbocycles. The second-order valence-electron chi connectivity index (χ2n) is 5.63. The Bertz CT molecular complexity index is 785. The molecule has 2 aromatic rings. The first-order valence-corrected chi connectivity index (χ1v) is 9.61. The van der Waals surface area contributed by atoms with Crippen LogP contribution in [-0.2, 0) is 9.59 Å². The van der Waals surface area contributed by atoms with E-state index in [-0.39, 0.29) is 18.4 Å². The van der Waals surface area contributed by atoms with Gasteiger partial charge in [0, 0.05) is 11.9 Å². The van der Waals surface area contributed by atoms with E-state index in [9.17, 15) is 9.59 Å². The molecule has 0 spiro atoms. The highest BCUT2D eigenvalue weighted by atomic mass is 35.5. The molecule has 26 heavy (non-hydrogen) atoms. The topological polar surface area (TPSA) is 58.6 Å². The summed E-state index contributed by atoms with van der Waals surface area (Å²) in [7, 11) is 1.56. The first-order chi connectivity index (χ1) is 12.4. The maximum absolute atomic E-state index is 12.4. The highest BCUT2D eigenvalue weighted by Crippen LogP contribution is 2.25. The van der Waals surface area contributed by atoms with Crippen molar-refractivity contribution in [3.8, 4) is 5.75 Å². The van der Waals surface area contributed by atoms with Crippen molar-refractivity contribution in [3.63, 3.8) is 0 Å². The van der Waals surface area contributed by atoms with Gasteiger partial charge in [-0.2, -0.15) is 0 Å². The van der Waals surface area contributed by atoms with E-state index in [1.54, 1.807) is 50.0 Å². The van der Waals surface area contributed by atoms with Gasteiger partial charge in [0.1, 0.15) is 5.75 Å². The molecule has 138 valence electrons. The predicted molar refractivity (Wildman–Crippen MR) is 106 cm³/mol. The molecule has 0 radical (unpaired) electrons. The summed E-state index contributed by atoms with van der Waals surface area (Å²) in [6, 6.07) is 14.5. The molecule has 0 saturated heterocycles. The van der Waals surface area contributed by atoms with Crippen LogP contribution in [0.1, 0.15) is 6.92 Å². The molecule has 0 heterocycles. The lowest BCUT2D eigenvalue weighted by Crippen LogP contribution is -2.42. The van der Waals surface area contributed by atoms with Crippen LogP contribution in [0.25, 0.3) is 0 Å². The van der Waals surface area contributed by atoms with E-state index in [4.69, 9.17) is 16.3 Å². The van der Waals surface area contributed by atoms with E-state index in [0.29, 0.717) is 10.8 Å². The van der Waals surface area contributed by atoms with E-state index in [1.807, 2.05) is 30.5 Å². The van der Waals surface area contributed by atoms with Gasteiger partial charge in [-0.05, 0) is 37.4 Å². The second-order valence-corrected chi connectivity index (χ2v) is 6.89. The first kappa shape index (κ1) is 20.1. The molecule has 1 unspecified atom stereocenters. The lowest BCUT2D eigenvalue weighted by molar-refractivity contribution is -0.139. The number of halogens is 1. The Morgan fingerprint density at radius 3 is 2.54 bits per heavy atom. The van der Waals surface area contributed by atoms with Crippen LogP contribution in [0.4, 0.5) is 5.69 Å². The molecular formula is C19H21ClN2O3S. The number of nitrogens with zero attached hydrogens (tertiary/aromatic N) is 1. The van der Waals surface area contributed by atoms with Crippen molar-refractivity contribution in [2.24, 2.45) is 0 Å². The molecule has 0 aliphatic rings. The second kappa shape index (κ2) is 9.50. The summed E-state index contributed by atoms with van der Waals surface area (Å²) >= 11 is 7.58. The number of nitrogens with one attached hydrogen (secondary N) is 1. The zero-order valence-electron chi connectivity index (χ0n) is 14.9. The Balaban J connectivity index is 1.93. The van der Waals surface area contributed by atoms with E-state index in [2.05, 4.69) is 5.32 Å². The van der Waals surface area contributed by atoms with Gasteiger partial charge in [0.2, 0.25) is 5.91 Å². The number of hydrogen-bond donors (Lipinski definition) is 1. The lowest BCUT2D eigenvalue weighted by Gasteiger charge is -2.22. The molecule has 0 aromatic heterocycles. The van der Waals surface area contributed by atoms with Gasteiger partial charge in [0.25, 0.3) is 5.91 Å². The molecule has 7 heteroatoms. The molecule has 0 aliphatic heterocycles. The molecule has 2 rings (SSSR count). The number of para-hydroxylation sites is 2. The first-order valence-electron chi connectivity index (χ1n) is 8.01. The van der Waals surface area contributed by atoms with Gasteiger partial charge < -0.3 is 15.0 Å². The van der Waals surface area contributed by atoms with Gasteiger partial charge in [0.15, 0.2) is 6.10 Å². The Labute approximate surface area is 162 Å². The summed E-state index contributed by atoms with van der Waals surface area (Å²) in [5.41, 5.74) is 0.728. The third-order valence-corrected chi connectivity index (χ3v) is 4.73. The van der Waals surface area contributed by atoms with Crippen molar-refractivity contribution in [1.29, 1.82) is 0 Å². The molecule has 1 atom stereocenters. The fourth-order valence-corrected chi connectivity index (χ4v) is 3.06. The monoisotopic (exact) mass is 392 g/mol. The Morgan fingerprint density at radius 1 is 1.19 bits per heavy atom. The third-order valence-electron chi connectivity index (χ3n) is 3.63. The summed E-state index contributed by atoms with van der Waals surface area (Å²) in [6.07, 6.45) is 1.18. The van der Waals surface area contributed by atoms with Crippen molar-refractivity contribution in [1.82, 2.24) is 4.90 Å². The Hall–Kier alpha value is -2.18. The highest BCUT2D eigenvalue weighted by molar-refractivity contribution is 7.98. The minimum Gasteiger partial charge on any atom is -0.479 e. The van der Waals surface area contributed by atoms with Gasteiger partial charge in [-0.15, -0.1) is 11.8 Å². The van der Waals surface area contributed by atoms with Crippen molar-refractivity contribution < 1.29 is 14.3 Å². The van der Waals surface area contributed by atoms with Crippen LogP contribution in [0.2, 0.25) is 5.02 Å². The Morgan fingerprint density at radius 2 is 1.85 bits per heavy atom. The van der Waals surface area contributed by atoms with Crippen LogP contribution >= 0.6 is 23.4 Å². The predicted octanol–water partition coefficient (Wildman–Crippen LogP) is 3.93. The molecular weight excluding hydrogens is 372 g/mol. The third kappa shape index (κ3) is 5.41. The van der Waals surface area contributed by atoms with Crippen LogP contribution < -0.4 is 10.1 Å². The minimum absolute atomic E-state index is 0.0717. The average molecular weight is 393 g/mol. The van der Waals surface area contributed by atoms with Crippen LogP contribution in [0.3, 0.4) is 0 Å². The number of anilines is 1. The number of likely N-dealkylation sites (N-methyl/N-ethyl adjacent to an activating group) is 1. The standard InChI is InChI=1S/C19H21ClN2O3S/c1-13(25-16-10-6-4-8-14(16)20)19(24)22(2)12-18(23)21-15-9-5-7-11-17(15)26-3/h4-11,13H,12H2,1-3H3,(H,21,23). The number of amides is 2. The van der Waals surface area contributed by atoms with Crippen LogP contribution in [-0.4, -0.2) is 42.7 Å². The number of carbonyl (C=O) groups is 2. The van der Waals surface area contributed by atoms with Crippen molar-refractivity contribution in [2.45, 2.75) is 17.9 Å². The number of thioether (sulfide) groups is 1. The van der Waals surface area contributed by atoms with Crippen molar-refractivity contribution in [2.75, 3.05) is 25.2 Å². The molecule has 0 fully saturated rings. The SMILES string of the molecule is CSc1ccccc1NC(=O)CN(C)C(=O)C(C)Oc1ccccc1Cl. The van der Waals surface area contributed by atoms with E-state index >= 15 is 0 Å². The normalized spacial score (nSPS) is 11.5. The van der Waals surface area contributed by atoms with E-state index in [0.717, 1.165) is 10.6 Å². The molecule has 5 nitrogen and oxygen atoms in total. The highest BCUT2D eigenvalue weighted by Gasteiger charge is 2.22. The maximum Gasteiger partial charge on any atom is 0.263 e. The lowest BCUT2D eigenvalue weighted by atomic mass is 10.3. The zero-order valence-corrected chi connectivity index (χ0v) is 16.4. The fourth-order valence-electron chi connectivity index (χ4n) is 2.32. The quantitative estimate of drug-likeness (QED) is 0.725.